The Hall–Kier alpha value is -1.92. The van der Waals surface area contributed by atoms with E-state index >= 15 is 0 Å². The lowest BCUT2D eigenvalue weighted by Gasteiger charge is -2.18. The Morgan fingerprint density at radius 1 is 1.36 bits per heavy atom. The van der Waals surface area contributed by atoms with E-state index in [1.807, 2.05) is 36.2 Å². The van der Waals surface area contributed by atoms with Crippen LogP contribution in [0.1, 0.15) is 18.7 Å². The molecule has 1 aliphatic carbocycles. The average Bonchev–Trinajstić information content (AvgIpc) is 3.28. The van der Waals surface area contributed by atoms with Gasteiger partial charge in [0, 0.05) is 6.54 Å². The molecule has 22 heavy (non-hydrogen) atoms. The minimum Gasteiger partial charge on any atom is -0.496 e. The number of methoxy groups -OCH3 is 1. The van der Waals surface area contributed by atoms with Gasteiger partial charge in [-0.15, -0.1) is 10.2 Å². The Morgan fingerprint density at radius 2 is 2.14 bits per heavy atom. The van der Waals surface area contributed by atoms with Crippen molar-refractivity contribution in [3.05, 3.63) is 30.2 Å². The molecule has 2 aromatic rings. The molecule has 1 aromatic carbocycles. The minimum atomic E-state index is -0.262. The molecule has 1 aliphatic rings. The SMILES string of the molecule is COc1ccccc1-c1nnc(CN(C)CC(O)C2CC2)o1. The Labute approximate surface area is 129 Å². The lowest BCUT2D eigenvalue weighted by molar-refractivity contribution is 0.100. The van der Waals surface area contributed by atoms with Crippen molar-refractivity contribution < 1.29 is 14.3 Å². The van der Waals surface area contributed by atoms with Gasteiger partial charge in [0.1, 0.15) is 5.75 Å². The van der Waals surface area contributed by atoms with Crippen molar-refractivity contribution in [1.29, 1.82) is 0 Å². The highest BCUT2D eigenvalue weighted by molar-refractivity contribution is 5.62. The molecule has 1 atom stereocenters. The van der Waals surface area contributed by atoms with Gasteiger partial charge in [-0.05, 0) is 37.9 Å². The maximum absolute atomic E-state index is 9.96. The molecule has 0 aliphatic heterocycles. The smallest absolute Gasteiger partial charge is 0.251 e. The molecule has 0 amide bonds. The number of hydrogen-bond donors (Lipinski definition) is 1. The van der Waals surface area contributed by atoms with Gasteiger partial charge in [-0.25, -0.2) is 0 Å². The molecule has 0 saturated heterocycles. The quantitative estimate of drug-likeness (QED) is 0.843. The van der Waals surface area contributed by atoms with Crippen molar-refractivity contribution in [3.63, 3.8) is 0 Å². The summed E-state index contributed by atoms with van der Waals surface area (Å²) in [5, 5.41) is 18.1. The van der Waals surface area contributed by atoms with Crippen molar-refractivity contribution in [2.75, 3.05) is 20.7 Å². The number of hydrogen-bond acceptors (Lipinski definition) is 6. The predicted molar refractivity (Wildman–Crippen MR) is 81.4 cm³/mol. The molecule has 0 spiro atoms. The first-order valence-electron chi connectivity index (χ1n) is 7.49. The molecule has 6 heteroatoms. The molecule has 0 bridgehead atoms. The second kappa shape index (κ2) is 6.46. The van der Waals surface area contributed by atoms with Crippen LogP contribution < -0.4 is 4.74 Å². The largest absolute Gasteiger partial charge is 0.496 e. The van der Waals surface area contributed by atoms with Crippen molar-refractivity contribution in [1.82, 2.24) is 15.1 Å². The summed E-state index contributed by atoms with van der Waals surface area (Å²) in [6, 6.07) is 7.54. The topological polar surface area (TPSA) is 71.6 Å². The van der Waals surface area contributed by atoms with Gasteiger partial charge in [0.2, 0.25) is 5.89 Å². The number of benzene rings is 1. The third-order valence-corrected chi connectivity index (χ3v) is 3.87. The third-order valence-electron chi connectivity index (χ3n) is 3.87. The molecule has 0 radical (unpaired) electrons. The van der Waals surface area contributed by atoms with Gasteiger partial charge in [0.25, 0.3) is 5.89 Å². The van der Waals surface area contributed by atoms with Crippen molar-refractivity contribution in [2.24, 2.45) is 5.92 Å². The number of ether oxygens (including phenoxy) is 1. The summed E-state index contributed by atoms with van der Waals surface area (Å²) >= 11 is 0. The van der Waals surface area contributed by atoms with Crippen LogP contribution in [0.15, 0.2) is 28.7 Å². The highest BCUT2D eigenvalue weighted by atomic mass is 16.5. The number of para-hydroxylation sites is 1. The molecule has 118 valence electrons. The molecule has 1 unspecified atom stereocenters. The van der Waals surface area contributed by atoms with Crippen LogP contribution in [0.3, 0.4) is 0 Å². The fraction of sp³-hybridized carbons (Fsp3) is 0.500. The Balaban J connectivity index is 1.65. The Bertz CT molecular complexity index is 625. The zero-order chi connectivity index (χ0) is 15.5. The van der Waals surface area contributed by atoms with E-state index in [4.69, 9.17) is 9.15 Å². The summed E-state index contributed by atoms with van der Waals surface area (Å²) in [5.41, 5.74) is 0.782. The standard InChI is InChI=1S/C16H21N3O3/c1-19(9-13(20)11-7-8-11)10-15-17-18-16(22-15)12-5-3-4-6-14(12)21-2/h3-6,11,13,20H,7-10H2,1-2H3. The van der Waals surface area contributed by atoms with Gasteiger partial charge >= 0.3 is 0 Å². The van der Waals surface area contributed by atoms with Crippen LogP contribution in [-0.2, 0) is 6.54 Å². The minimum absolute atomic E-state index is 0.262. The Morgan fingerprint density at radius 3 is 2.86 bits per heavy atom. The molecule has 1 saturated carbocycles. The summed E-state index contributed by atoms with van der Waals surface area (Å²) < 4.78 is 11.0. The van der Waals surface area contributed by atoms with Crippen LogP contribution in [0.2, 0.25) is 0 Å². The second-order valence-corrected chi connectivity index (χ2v) is 5.80. The maximum Gasteiger partial charge on any atom is 0.251 e. The molecule has 6 nitrogen and oxygen atoms in total. The van der Waals surface area contributed by atoms with Crippen molar-refractivity contribution in [2.45, 2.75) is 25.5 Å². The molecule has 1 heterocycles. The van der Waals surface area contributed by atoms with Crippen LogP contribution in [0.25, 0.3) is 11.5 Å². The van der Waals surface area contributed by atoms with E-state index in [2.05, 4.69) is 10.2 Å². The number of rotatable bonds is 7. The zero-order valence-electron chi connectivity index (χ0n) is 12.9. The molecule has 1 N–H and O–H groups in total. The molecule has 1 fully saturated rings. The van der Waals surface area contributed by atoms with Gasteiger partial charge < -0.3 is 14.3 Å². The van der Waals surface area contributed by atoms with E-state index < -0.39 is 0 Å². The summed E-state index contributed by atoms with van der Waals surface area (Å²) in [4.78, 5) is 2.00. The molecular formula is C16H21N3O3. The fourth-order valence-corrected chi connectivity index (χ4v) is 2.49. The van der Waals surface area contributed by atoms with E-state index in [1.165, 1.54) is 0 Å². The van der Waals surface area contributed by atoms with E-state index in [9.17, 15) is 5.11 Å². The van der Waals surface area contributed by atoms with Crippen LogP contribution in [0.5, 0.6) is 5.75 Å². The third kappa shape index (κ3) is 3.45. The number of aliphatic hydroxyl groups excluding tert-OH is 1. The van der Waals surface area contributed by atoms with Crippen LogP contribution >= 0.6 is 0 Å². The van der Waals surface area contributed by atoms with Crippen LogP contribution in [0, 0.1) is 5.92 Å². The summed E-state index contributed by atoms with van der Waals surface area (Å²) in [6.07, 6.45) is 2.00. The zero-order valence-corrected chi connectivity index (χ0v) is 12.9. The monoisotopic (exact) mass is 303 g/mol. The van der Waals surface area contributed by atoms with Crippen LogP contribution in [0.4, 0.5) is 0 Å². The molecule has 1 aromatic heterocycles. The van der Waals surface area contributed by atoms with Crippen molar-refractivity contribution >= 4 is 0 Å². The first-order chi connectivity index (χ1) is 10.7. The number of likely N-dealkylation sites (N-methyl/N-ethyl adjacent to an activating group) is 1. The van der Waals surface area contributed by atoms with Crippen molar-refractivity contribution in [3.8, 4) is 17.2 Å². The lowest BCUT2D eigenvalue weighted by Crippen LogP contribution is -2.30. The summed E-state index contributed by atoms with van der Waals surface area (Å²) in [7, 11) is 3.56. The van der Waals surface area contributed by atoms with E-state index in [0.29, 0.717) is 36.5 Å². The first-order valence-corrected chi connectivity index (χ1v) is 7.49. The van der Waals surface area contributed by atoms with Gasteiger partial charge in [0.15, 0.2) is 0 Å². The Kier molecular flexibility index (Phi) is 4.40. The van der Waals surface area contributed by atoms with E-state index in [0.717, 1.165) is 18.4 Å². The number of nitrogens with zero attached hydrogens (tertiary/aromatic N) is 3. The maximum atomic E-state index is 9.96. The van der Waals surface area contributed by atoms with E-state index in [-0.39, 0.29) is 6.10 Å². The summed E-state index contributed by atoms with van der Waals surface area (Å²) in [6.45, 7) is 1.14. The van der Waals surface area contributed by atoms with E-state index in [1.54, 1.807) is 7.11 Å². The van der Waals surface area contributed by atoms with Crippen LogP contribution in [-0.4, -0.2) is 47.0 Å². The highest BCUT2D eigenvalue weighted by Crippen LogP contribution is 2.33. The lowest BCUT2D eigenvalue weighted by atomic mass is 10.2. The molecular weight excluding hydrogens is 282 g/mol. The predicted octanol–water partition coefficient (Wildman–Crippen LogP) is 1.95. The summed E-state index contributed by atoms with van der Waals surface area (Å²) in [5.74, 6) is 2.15. The second-order valence-electron chi connectivity index (χ2n) is 5.80. The fourth-order valence-electron chi connectivity index (χ4n) is 2.49. The van der Waals surface area contributed by atoms with Gasteiger partial charge in [-0.3, -0.25) is 4.90 Å². The van der Waals surface area contributed by atoms with Gasteiger partial charge in [-0.1, -0.05) is 12.1 Å². The van der Waals surface area contributed by atoms with Gasteiger partial charge in [0.05, 0.1) is 25.3 Å². The molecule has 3 rings (SSSR count). The first kappa shape index (κ1) is 15.0. The number of aromatic nitrogens is 2. The highest BCUT2D eigenvalue weighted by Gasteiger charge is 2.30. The average molecular weight is 303 g/mol. The normalized spacial score (nSPS) is 16.0. The number of aliphatic hydroxyl groups is 1. The van der Waals surface area contributed by atoms with Gasteiger partial charge in [-0.2, -0.15) is 0 Å².